The number of H-pyrrole nitrogens is 1. The molecule has 0 amide bonds. The molecule has 20 heavy (non-hydrogen) atoms. The first-order valence-corrected chi connectivity index (χ1v) is 6.98. The first kappa shape index (κ1) is 12.9. The molecule has 0 atom stereocenters. The van der Waals surface area contributed by atoms with E-state index in [1.807, 2.05) is 12.1 Å². The monoisotopic (exact) mass is 265 g/mol. The quantitative estimate of drug-likeness (QED) is 0.761. The van der Waals surface area contributed by atoms with Crippen LogP contribution in [-0.2, 0) is 19.4 Å². The number of hydrogen-bond acceptors (Lipinski definition) is 2. The third-order valence-electron chi connectivity index (χ3n) is 3.56. The fourth-order valence-corrected chi connectivity index (χ4v) is 2.49. The average molecular weight is 265 g/mol. The van der Waals surface area contributed by atoms with Gasteiger partial charge in [0.05, 0.1) is 11.0 Å². The summed E-state index contributed by atoms with van der Waals surface area (Å²) in [5, 5.41) is 0. The Labute approximate surface area is 118 Å². The molecule has 0 saturated heterocycles. The molecule has 1 aromatic heterocycles. The maximum absolute atomic E-state index is 5.66. The van der Waals surface area contributed by atoms with Crippen LogP contribution in [0.15, 0.2) is 42.5 Å². The van der Waals surface area contributed by atoms with Gasteiger partial charge in [0.25, 0.3) is 0 Å². The fraction of sp³-hybridized carbons (Fsp3) is 0.235. The molecule has 3 N–H and O–H groups in total. The number of nitrogens with zero attached hydrogens (tertiary/aromatic N) is 1. The molecule has 2 aromatic carbocycles. The van der Waals surface area contributed by atoms with E-state index in [9.17, 15) is 0 Å². The first-order chi connectivity index (χ1) is 9.74. The molecule has 1 heterocycles. The number of aromatic nitrogens is 2. The molecular formula is C17H19N3. The van der Waals surface area contributed by atoms with Crippen LogP contribution in [0.4, 0.5) is 0 Å². The summed E-state index contributed by atoms with van der Waals surface area (Å²) >= 11 is 0. The second kappa shape index (κ2) is 5.47. The third-order valence-corrected chi connectivity index (χ3v) is 3.56. The highest BCUT2D eigenvalue weighted by atomic mass is 14.9. The Balaban J connectivity index is 1.77. The van der Waals surface area contributed by atoms with E-state index < -0.39 is 0 Å². The van der Waals surface area contributed by atoms with Gasteiger partial charge in [-0.3, -0.25) is 0 Å². The van der Waals surface area contributed by atoms with Gasteiger partial charge in [0.15, 0.2) is 0 Å². The zero-order valence-corrected chi connectivity index (χ0v) is 11.7. The summed E-state index contributed by atoms with van der Waals surface area (Å²) < 4.78 is 0. The summed E-state index contributed by atoms with van der Waals surface area (Å²) in [7, 11) is 0. The molecule has 0 aliphatic carbocycles. The molecule has 3 rings (SSSR count). The van der Waals surface area contributed by atoms with Gasteiger partial charge in [-0.1, -0.05) is 35.9 Å². The van der Waals surface area contributed by atoms with Crippen LogP contribution in [-0.4, -0.2) is 9.97 Å². The Morgan fingerprint density at radius 3 is 2.75 bits per heavy atom. The minimum absolute atomic E-state index is 0.563. The van der Waals surface area contributed by atoms with E-state index in [1.165, 1.54) is 11.1 Å². The number of benzene rings is 2. The van der Waals surface area contributed by atoms with Crippen molar-refractivity contribution in [2.75, 3.05) is 0 Å². The van der Waals surface area contributed by atoms with E-state index in [1.54, 1.807) is 0 Å². The zero-order valence-electron chi connectivity index (χ0n) is 11.7. The lowest BCUT2D eigenvalue weighted by molar-refractivity contribution is 0.889. The standard InChI is InChI=1S/C17H19N3/c1-12-3-2-4-13(9-12)6-8-17-19-15-7-5-14(11-18)10-16(15)20-17/h2-5,7,9-10H,6,8,11,18H2,1H3,(H,19,20). The molecule has 3 aromatic rings. The second-order valence-corrected chi connectivity index (χ2v) is 5.23. The normalized spacial score (nSPS) is 11.1. The van der Waals surface area contributed by atoms with Crippen molar-refractivity contribution in [2.24, 2.45) is 5.73 Å². The van der Waals surface area contributed by atoms with Gasteiger partial charge in [-0.15, -0.1) is 0 Å². The SMILES string of the molecule is Cc1cccc(CCc2nc3ccc(CN)cc3[nH]2)c1. The lowest BCUT2D eigenvalue weighted by Gasteiger charge is -2.00. The highest BCUT2D eigenvalue weighted by molar-refractivity contribution is 5.75. The maximum atomic E-state index is 5.66. The topological polar surface area (TPSA) is 54.7 Å². The van der Waals surface area contributed by atoms with Gasteiger partial charge in [0.2, 0.25) is 0 Å². The van der Waals surface area contributed by atoms with Gasteiger partial charge in [-0.2, -0.15) is 0 Å². The van der Waals surface area contributed by atoms with Gasteiger partial charge < -0.3 is 10.7 Å². The molecule has 102 valence electrons. The molecule has 0 fully saturated rings. The molecule has 0 radical (unpaired) electrons. The van der Waals surface area contributed by atoms with Crippen molar-refractivity contribution in [2.45, 2.75) is 26.3 Å². The van der Waals surface area contributed by atoms with Crippen LogP contribution in [0.25, 0.3) is 11.0 Å². The minimum atomic E-state index is 0.563. The van der Waals surface area contributed by atoms with Crippen molar-refractivity contribution >= 4 is 11.0 Å². The molecule has 0 saturated carbocycles. The highest BCUT2D eigenvalue weighted by Gasteiger charge is 2.04. The van der Waals surface area contributed by atoms with E-state index >= 15 is 0 Å². The van der Waals surface area contributed by atoms with Crippen molar-refractivity contribution < 1.29 is 0 Å². The first-order valence-electron chi connectivity index (χ1n) is 6.98. The molecule has 0 unspecified atom stereocenters. The van der Waals surface area contributed by atoms with E-state index in [0.29, 0.717) is 6.54 Å². The third kappa shape index (κ3) is 2.73. The van der Waals surface area contributed by atoms with Crippen molar-refractivity contribution in [3.05, 3.63) is 65.0 Å². The fourth-order valence-electron chi connectivity index (χ4n) is 2.49. The van der Waals surface area contributed by atoms with E-state index in [2.05, 4.69) is 47.2 Å². The van der Waals surface area contributed by atoms with Crippen LogP contribution in [0.1, 0.15) is 22.5 Å². The van der Waals surface area contributed by atoms with Crippen molar-refractivity contribution in [3.63, 3.8) is 0 Å². The Kier molecular flexibility index (Phi) is 3.52. The number of hydrogen-bond donors (Lipinski definition) is 2. The number of rotatable bonds is 4. The Morgan fingerprint density at radius 1 is 1.05 bits per heavy atom. The summed E-state index contributed by atoms with van der Waals surface area (Å²) in [5.74, 6) is 1.04. The number of nitrogens with two attached hydrogens (primary N) is 1. The molecule has 3 heteroatoms. The van der Waals surface area contributed by atoms with Crippen LogP contribution in [0.3, 0.4) is 0 Å². The van der Waals surface area contributed by atoms with Crippen molar-refractivity contribution in [1.82, 2.24) is 9.97 Å². The molecule has 0 aliphatic rings. The Hall–Kier alpha value is -2.13. The van der Waals surface area contributed by atoms with Gasteiger partial charge in [-0.05, 0) is 36.6 Å². The molecule has 3 nitrogen and oxygen atoms in total. The van der Waals surface area contributed by atoms with Crippen LogP contribution in [0, 0.1) is 6.92 Å². The van der Waals surface area contributed by atoms with Crippen LogP contribution >= 0.6 is 0 Å². The minimum Gasteiger partial charge on any atom is -0.342 e. The van der Waals surface area contributed by atoms with Gasteiger partial charge in [0.1, 0.15) is 5.82 Å². The predicted molar refractivity (Wildman–Crippen MR) is 82.6 cm³/mol. The van der Waals surface area contributed by atoms with Crippen LogP contribution < -0.4 is 5.73 Å². The summed E-state index contributed by atoms with van der Waals surface area (Å²) in [6.07, 6.45) is 1.93. The number of imidazole rings is 1. The summed E-state index contributed by atoms with van der Waals surface area (Å²) in [6.45, 7) is 2.69. The number of aromatic amines is 1. The lowest BCUT2D eigenvalue weighted by atomic mass is 10.1. The molecule has 0 spiro atoms. The number of nitrogens with one attached hydrogen (secondary N) is 1. The number of aryl methyl sites for hydroxylation is 3. The average Bonchev–Trinajstić information content (AvgIpc) is 2.87. The van der Waals surface area contributed by atoms with E-state index in [0.717, 1.165) is 35.3 Å². The van der Waals surface area contributed by atoms with Gasteiger partial charge in [0, 0.05) is 13.0 Å². The molecule has 0 aliphatic heterocycles. The second-order valence-electron chi connectivity index (χ2n) is 5.23. The maximum Gasteiger partial charge on any atom is 0.107 e. The Bertz CT molecular complexity index is 728. The lowest BCUT2D eigenvalue weighted by Crippen LogP contribution is -1.95. The summed E-state index contributed by atoms with van der Waals surface area (Å²) in [6, 6.07) is 14.8. The number of fused-ring (bicyclic) bond motifs is 1. The predicted octanol–water partition coefficient (Wildman–Crippen LogP) is 3.12. The van der Waals surface area contributed by atoms with E-state index in [-0.39, 0.29) is 0 Å². The summed E-state index contributed by atoms with van der Waals surface area (Å²) in [4.78, 5) is 8.02. The largest absolute Gasteiger partial charge is 0.342 e. The molecule has 0 bridgehead atoms. The molecular weight excluding hydrogens is 246 g/mol. The highest BCUT2D eigenvalue weighted by Crippen LogP contribution is 2.15. The van der Waals surface area contributed by atoms with Gasteiger partial charge >= 0.3 is 0 Å². The smallest absolute Gasteiger partial charge is 0.107 e. The summed E-state index contributed by atoms with van der Waals surface area (Å²) in [5.41, 5.74) is 11.5. The van der Waals surface area contributed by atoms with Crippen molar-refractivity contribution in [3.8, 4) is 0 Å². The Morgan fingerprint density at radius 2 is 1.95 bits per heavy atom. The van der Waals surface area contributed by atoms with E-state index in [4.69, 9.17) is 5.73 Å². The van der Waals surface area contributed by atoms with Crippen LogP contribution in [0.5, 0.6) is 0 Å². The zero-order chi connectivity index (χ0) is 13.9. The van der Waals surface area contributed by atoms with Crippen LogP contribution in [0.2, 0.25) is 0 Å². The van der Waals surface area contributed by atoms with Gasteiger partial charge in [-0.25, -0.2) is 4.98 Å². The van der Waals surface area contributed by atoms with Crippen molar-refractivity contribution in [1.29, 1.82) is 0 Å².